The van der Waals surface area contributed by atoms with Crippen LogP contribution in [0.5, 0.6) is 11.5 Å². The number of nitrogens with one attached hydrogen (secondary N) is 2. The molecule has 1 aromatic rings. The third kappa shape index (κ3) is 4.63. The predicted octanol–water partition coefficient (Wildman–Crippen LogP) is 2.61. The first kappa shape index (κ1) is 15.6. The Hall–Kier alpha value is -1.42. The Morgan fingerprint density at radius 1 is 1.11 bits per heavy atom. The van der Waals surface area contributed by atoms with E-state index < -0.39 is 0 Å². The van der Waals surface area contributed by atoms with Crippen molar-refractivity contribution in [2.75, 3.05) is 39.7 Å². The fourth-order valence-corrected chi connectivity index (χ4v) is 2.00. The van der Waals surface area contributed by atoms with E-state index in [4.69, 9.17) is 9.47 Å². The highest BCUT2D eigenvalue weighted by atomic mass is 16.5. The Morgan fingerprint density at radius 3 is 2.37 bits per heavy atom. The number of ether oxygens (including phenoxy) is 2. The van der Waals surface area contributed by atoms with Gasteiger partial charge in [0.2, 0.25) is 0 Å². The van der Waals surface area contributed by atoms with Gasteiger partial charge in [0.15, 0.2) is 0 Å². The van der Waals surface area contributed by atoms with E-state index in [1.165, 1.54) is 0 Å². The summed E-state index contributed by atoms with van der Waals surface area (Å²) in [6, 6.07) is 5.79. The van der Waals surface area contributed by atoms with Gasteiger partial charge in [-0.05, 0) is 37.6 Å². The van der Waals surface area contributed by atoms with Crippen LogP contribution in [0.1, 0.15) is 13.8 Å². The van der Waals surface area contributed by atoms with Crippen LogP contribution in [0.15, 0.2) is 18.2 Å². The highest BCUT2D eigenvalue weighted by Gasteiger charge is 2.13. The van der Waals surface area contributed by atoms with Crippen LogP contribution in [0.4, 0.5) is 5.69 Å². The molecule has 0 fully saturated rings. The summed E-state index contributed by atoms with van der Waals surface area (Å²) in [6.07, 6.45) is 0. The molecule has 0 aliphatic heterocycles. The van der Waals surface area contributed by atoms with E-state index in [0.717, 1.165) is 30.3 Å². The molecule has 108 valence electrons. The number of methoxy groups -OCH3 is 2. The molecule has 4 nitrogen and oxygen atoms in total. The molecule has 2 N–H and O–H groups in total. The molecular weight excluding hydrogens is 240 g/mol. The number of hydrogen-bond donors (Lipinski definition) is 2. The molecule has 0 bridgehead atoms. The SMILES string of the molecule is CNCC(CNc1cc(OC)ccc1OC)C(C)C. The molecule has 0 radical (unpaired) electrons. The second kappa shape index (κ2) is 7.89. The first-order chi connectivity index (χ1) is 9.12. The van der Waals surface area contributed by atoms with Crippen LogP contribution in [0.25, 0.3) is 0 Å². The highest BCUT2D eigenvalue weighted by Crippen LogP contribution is 2.29. The Morgan fingerprint density at radius 2 is 1.84 bits per heavy atom. The molecule has 0 aromatic heterocycles. The fourth-order valence-electron chi connectivity index (χ4n) is 2.00. The average molecular weight is 266 g/mol. The monoisotopic (exact) mass is 266 g/mol. The maximum atomic E-state index is 5.36. The number of hydrogen-bond acceptors (Lipinski definition) is 4. The molecule has 4 heteroatoms. The summed E-state index contributed by atoms with van der Waals surface area (Å²) in [5.41, 5.74) is 0.976. The van der Waals surface area contributed by atoms with Crippen LogP contribution in [0.3, 0.4) is 0 Å². The Labute approximate surface area is 116 Å². The van der Waals surface area contributed by atoms with Gasteiger partial charge in [-0.2, -0.15) is 0 Å². The fraction of sp³-hybridized carbons (Fsp3) is 0.600. The van der Waals surface area contributed by atoms with Crippen LogP contribution in [-0.4, -0.2) is 34.4 Å². The summed E-state index contributed by atoms with van der Waals surface area (Å²) in [5, 5.41) is 6.70. The van der Waals surface area contributed by atoms with Crippen molar-refractivity contribution in [1.82, 2.24) is 5.32 Å². The minimum absolute atomic E-state index is 0.570. The number of rotatable bonds is 8. The van der Waals surface area contributed by atoms with Crippen molar-refractivity contribution in [3.05, 3.63) is 18.2 Å². The van der Waals surface area contributed by atoms with E-state index in [-0.39, 0.29) is 0 Å². The lowest BCUT2D eigenvalue weighted by Crippen LogP contribution is -2.29. The van der Waals surface area contributed by atoms with E-state index >= 15 is 0 Å². The lowest BCUT2D eigenvalue weighted by atomic mass is 9.95. The molecule has 0 spiro atoms. The first-order valence-corrected chi connectivity index (χ1v) is 6.72. The zero-order chi connectivity index (χ0) is 14.3. The highest BCUT2D eigenvalue weighted by molar-refractivity contribution is 5.59. The second-order valence-electron chi connectivity index (χ2n) is 5.01. The summed E-state index contributed by atoms with van der Waals surface area (Å²) in [6.45, 7) is 6.39. The van der Waals surface area contributed by atoms with Crippen LogP contribution < -0.4 is 20.1 Å². The van der Waals surface area contributed by atoms with Gasteiger partial charge in [-0.1, -0.05) is 13.8 Å². The summed E-state index contributed by atoms with van der Waals surface area (Å²) in [4.78, 5) is 0. The molecule has 0 aliphatic carbocycles. The van der Waals surface area contributed by atoms with Crippen molar-refractivity contribution in [3.8, 4) is 11.5 Å². The van der Waals surface area contributed by atoms with Gasteiger partial charge in [0.1, 0.15) is 11.5 Å². The molecule has 0 aliphatic rings. The lowest BCUT2D eigenvalue weighted by Gasteiger charge is -2.22. The van der Waals surface area contributed by atoms with Gasteiger partial charge in [0.05, 0.1) is 19.9 Å². The lowest BCUT2D eigenvalue weighted by molar-refractivity contribution is 0.387. The van der Waals surface area contributed by atoms with Gasteiger partial charge >= 0.3 is 0 Å². The topological polar surface area (TPSA) is 42.5 Å². The van der Waals surface area contributed by atoms with Gasteiger partial charge in [-0.15, -0.1) is 0 Å². The molecule has 0 heterocycles. The van der Waals surface area contributed by atoms with Crippen LogP contribution >= 0.6 is 0 Å². The van der Waals surface area contributed by atoms with Crippen molar-refractivity contribution in [1.29, 1.82) is 0 Å². The van der Waals surface area contributed by atoms with Crippen molar-refractivity contribution >= 4 is 5.69 Å². The van der Waals surface area contributed by atoms with Crippen molar-refractivity contribution < 1.29 is 9.47 Å². The summed E-state index contributed by atoms with van der Waals surface area (Å²) in [7, 11) is 5.34. The molecule has 1 atom stereocenters. The van der Waals surface area contributed by atoms with Gasteiger partial charge < -0.3 is 20.1 Å². The van der Waals surface area contributed by atoms with E-state index in [0.29, 0.717) is 11.8 Å². The van der Waals surface area contributed by atoms with E-state index in [1.807, 2.05) is 25.2 Å². The zero-order valence-corrected chi connectivity index (χ0v) is 12.6. The van der Waals surface area contributed by atoms with Gasteiger partial charge in [-0.3, -0.25) is 0 Å². The molecule has 1 unspecified atom stereocenters. The quantitative estimate of drug-likeness (QED) is 0.759. The maximum Gasteiger partial charge on any atom is 0.142 e. The van der Waals surface area contributed by atoms with Crippen molar-refractivity contribution in [2.45, 2.75) is 13.8 Å². The predicted molar refractivity (Wildman–Crippen MR) is 80.3 cm³/mol. The molecule has 0 amide bonds. The van der Waals surface area contributed by atoms with E-state index in [2.05, 4.69) is 24.5 Å². The Bertz CT molecular complexity index is 380. The maximum absolute atomic E-state index is 5.36. The minimum Gasteiger partial charge on any atom is -0.497 e. The van der Waals surface area contributed by atoms with Gasteiger partial charge in [0, 0.05) is 12.6 Å². The number of benzene rings is 1. The van der Waals surface area contributed by atoms with E-state index in [1.54, 1.807) is 14.2 Å². The van der Waals surface area contributed by atoms with Crippen molar-refractivity contribution in [2.24, 2.45) is 11.8 Å². The molecule has 19 heavy (non-hydrogen) atoms. The van der Waals surface area contributed by atoms with Crippen LogP contribution in [0.2, 0.25) is 0 Å². The second-order valence-corrected chi connectivity index (χ2v) is 5.01. The smallest absolute Gasteiger partial charge is 0.142 e. The average Bonchev–Trinajstić information content (AvgIpc) is 2.42. The third-order valence-corrected chi connectivity index (χ3v) is 3.37. The zero-order valence-electron chi connectivity index (χ0n) is 12.6. The molecule has 1 rings (SSSR count). The molecule has 1 aromatic carbocycles. The Balaban J connectivity index is 2.74. The number of anilines is 1. The normalized spacial score (nSPS) is 12.3. The summed E-state index contributed by atoms with van der Waals surface area (Å²) >= 11 is 0. The summed E-state index contributed by atoms with van der Waals surface area (Å²) < 4.78 is 10.6. The van der Waals surface area contributed by atoms with Crippen LogP contribution in [-0.2, 0) is 0 Å². The van der Waals surface area contributed by atoms with Gasteiger partial charge in [-0.25, -0.2) is 0 Å². The molecule has 0 saturated carbocycles. The third-order valence-electron chi connectivity index (χ3n) is 3.37. The summed E-state index contributed by atoms with van der Waals surface area (Å²) in [5.74, 6) is 2.86. The van der Waals surface area contributed by atoms with Gasteiger partial charge in [0.25, 0.3) is 0 Å². The van der Waals surface area contributed by atoms with Crippen molar-refractivity contribution in [3.63, 3.8) is 0 Å². The van der Waals surface area contributed by atoms with E-state index in [9.17, 15) is 0 Å². The standard InChI is InChI=1S/C15H26N2O2/c1-11(2)12(9-16-3)10-17-14-8-13(18-4)6-7-15(14)19-5/h6-8,11-12,16-17H,9-10H2,1-5H3. The largest absolute Gasteiger partial charge is 0.497 e. The minimum atomic E-state index is 0.570. The Kier molecular flexibility index (Phi) is 6.50. The van der Waals surface area contributed by atoms with Crippen LogP contribution in [0, 0.1) is 11.8 Å². The first-order valence-electron chi connectivity index (χ1n) is 6.72. The molecule has 0 saturated heterocycles. The molecular formula is C15H26N2O2.